The van der Waals surface area contributed by atoms with Gasteiger partial charge in [-0.1, -0.05) is 18.7 Å². The fraction of sp³-hybridized carbons (Fsp3) is 0.273. The minimum Gasteiger partial charge on any atom is -0.497 e. The Balaban J connectivity index is 1.76. The Morgan fingerprint density at radius 2 is 1.89 bits per heavy atom. The van der Waals surface area contributed by atoms with Gasteiger partial charge in [0.1, 0.15) is 11.5 Å². The molecule has 3 rings (SSSR count). The summed E-state index contributed by atoms with van der Waals surface area (Å²) in [5, 5.41) is 2.86. The molecule has 2 aromatic carbocycles. The van der Waals surface area contributed by atoms with Crippen LogP contribution in [0, 0.1) is 0 Å². The monoisotopic (exact) mass is 380 g/mol. The Bertz CT molecular complexity index is 877. The van der Waals surface area contributed by atoms with Gasteiger partial charge < -0.3 is 19.7 Å². The lowest BCUT2D eigenvalue weighted by molar-refractivity contribution is -0.126. The van der Waals surface area contributed by atoms with E-state index < -0.39 is 0 Å². The number of likely N-dealkylation sites (tertiary alicyclic amines) is 1. The zero-order valence-corrected chi connectivity index (χ0v) is 16.1. The standard InChI is InChI=1S/C22H24N2O4/c1-4-21(25)24-13-5-6-19(24)15-7-9-16(10-8-15)22(26)23-18-14-17(27-2)11-12-20(18)28-3/h4,7-12,14,19H,1,5-6,13H2,2-3H3,(H,23,26). The van der Waals surface area contributed by atoms with Crippen molar-refractivity contribution in [2.45, 2.75) is 18.9 Å². The lowest BCUT2D eigenvalue weighted by atomic mass is 10.0. The van der Waals surface area contributed by atoms with Gasteiger partial charge in [-0.05, 0) is 48.7 Å². The van der Waals surface area contributed by atoms with Crippen molar-refractivity contribution in [1.29, 1.82) is 0 Å². The number of methoxy groups -OCH3 is 2. The lowest BCUT2D eigenvalue weighted by Crippen LogP contribution is -2.28. The number of benzene rings is 2. The van der Waals surface area contributed by atoms with E-state index in [1.807, 2.05) is 17.0 Å². The Morgan fingerprint density at radius 3 is 2.54 bits per heavy atom. The normalized spacial score (nSPS) is 15.8. The number of anilines is 1. The van der Waals surface area contributed by atoms with Crippen LogP contribution >= 0.6 is 0 Å². The molecule has 0 saturated carbocycles. The zero-order chi connectivity index (χ0) is 20.1. The van der Waals surface area contributed by atoms with E-state index in [0.717, 1.165) is 24.9 Å². The molecule has 1 fully saturated rings. The summed E-state index contributed by atoms with van der Waals surface area (Å²) in [7, 11) is 3.11. The van der Waals surface area contributed by atoms with Crippen molar-refractivity contribution in [3.63, 3.8) is 0 Å². The molecule has 2 amide bonds. The van der Waals surface area contributed by atoms with Gasteiger partial charge in [0.05, 0.1) is 25.9 Å². The van der Waals surface area contributed by atoms with E-state index >= 15 is 0 Å². The van der Waals surface area contributed by atoms with Crippen molar-refractivity contribution >= 4 is 17.5 Å². The van der Waals surface area contributed by atoms with E-state index in [1.54, 1.807) is 44.6 Å². The van der Waals surface area contributed by atoms with Crippen LogP contribution in [0.2, 0.25) is 0 Å². The maximum atomic E-state index is 12.6. The number of carbonyl (C=O) groups excluding carboxylic acids is 2. The molecule has 1 aliphatic heterocycles. The van der Waals surface area contributed by atoms with Crippen molar-refractivity contribution < 1.29 is 19.1 Å². The van der Waals surface area contributed by atoms with Crippen LogP contribution in [-0.4, -0.2) is 37.5 Å². The third kappa shape index (κ3) is 4.01. The van der Waals surface area contributed by atoms with Crippen molar-refractivity contribution in [2.75, 3.05) is 26.1 Å². The highest BCUT2D eigenvalue weighted by atomic mass is 16.5. The molecular formula is C22H24N2O4. The molecule has 0 spiro atoms. The number of nitrogens with zero attached hydrogens (tertiary/aromatic N) is 1. The first-order valence-corrected chi connectivity index (χ1v) is 9.13. The molecule has 1 aliphatic rings. The molecule has 28 heavy (non-hydrogen) atoms. The van der Waals surface area contributed by atoms with Crippen molar-refractivity contribution in [2.24, 2.45) is 0 Å². The third-order valence-corrected chi connectivity index (χ3v) is 4.92. The SMILES string of the molecule is C=CC(=O)N1CCCC1c1ccc(C(=O)Nc2cc(OC)ccc2OC)cc1. The van der Waals surface area contributed by atoms with Crippen LogP contribution in [0.15, 0.2) is 55.1 Å². The molecule has 1 saturated heterocycles. The van der Waals surface area contributed by atoms with Crippen LogP contribution in [0.25, 0.3) is 0 Å². The average molecular weight is 380 g/mol. The molecule has 2 aromatic rings. The van der Waals surface area contributed by atoms with Gasteiger partial charge in [0.2, 0.25) is 5.91 Å². The van der Waals surface area contributed by atoms with Crippen molar-refractivity contribution in [3.8, 4) is 11.5 Å². The van der Waals surface area contributed by atoms with E-state index in [1.165, 1.54) is 6.08 Å². The summed E-state index contributed by atoms with van der Waals surface area (Å²) in [5.74, 6) is 0.868. The quantitative estimate of drug-likeness (QED) is 0.774. The van der Waals surface area contributed by atoms with Gasteiger partial charge in [-0.15, -0.1) is 0 Å². The average Bonchev–Trinajstić information content (AvgIpc) is 3.23. The van der Waals surface area contributed by atoms with E-state index in [0.29, 0.717) is 22.7 Å². The molecular weight excluding hydrogens is 356 g/mol. The number of carbonyl (C=O) groups is 2. The minimum atomic E-state index is -0.247. The van der Waals surface area contributed by atoms with Crippen LogP contribution in [0.3, 0.4) is 0 Å². The lowest BCUT2D eigenvalue weighted by Gasteiger charge is -2.24. The summed E-state index contributed by atoms with van der Waals surface area (Å²) in [6, 6.07) is 12.6. The summed E-state index contributed by atoms with van der Waals surface area (Å²) < 4.78 is 10.5. The minimum absolute atomic E-state index is 0.0288. The second-order valence-electron chi connectivity index (χ2n) is 6.54. The van der Waals surface area contributed by atoms with Crippen molar-refractivity contribution in [1.82, 2.24) is 4.90 Å². The summed E-state index contributed by atoms with van der Waals surface area (Å²) >= 11 is 0. The highest BCUT2D eigenvalue weighted by Gasteiger charge is 2.28. The second-order valence-corrected chi connectivity index (χ2v) is 6.54. The molecule has 146 valence electrons. The van der Waals surface area contributed by atoms with Gasteiger partial charge in [0, 0.05) is 18.2 Å². The molecule has 6 heteroatoms. The van der Waals surface area contributed by atoms with Gasteiger partial charge in [-0.25, -0.2) is 0 Å². The topological polar surface area (TPSA) is 67.9 Å². The predicted octanol–water partition coefficient (Wildman–Crippen LogP) is 3.81. The first-order chi connectivity index (χ1) is 13.6. The van der Waals surface area contributed by atoms with Crippen LogP contribution in [0.1, 0.15) is 34.8 Å². The van der Waals surface area contributed by atoms with Gasteiger partial charge in [-0.3, -0.25) is 9.59 Å². The fourth-order valence-electron chi connectivity index (χ4n) is 3.46. The molecule has 1 heterocycles. The van der Waals surface area contributed by atoms with Crippen LogP contribution in [-0.2, 0) is 4.79 Å². The molecule has 0 aliphatic carbocycles. The third-order valence-electron chi connectivity index (χ3n) is 4.92. The number of hydrogen-bond donors (Lipinski definition) is 1. The molecule has 1 N–H and O–H groups in total. The summed E-state index contributed by atoms with van der Waals surface area (Å²) in [6.07, 6.45) is 3.22. The van der Waals surface area contributed by atoms with Gasteiger partial charge >= 0.3 is 0 Å². The number of amides is 2. The molecule has 0 bridgehead atoms. The van der Waals surface area contributed by atoms with E-state index in [9.17, 15) is 9.59 Å². The summed E-state index contributed by atoms with van der Waals surface area (Å²) in [5.41, 5.74) is 2.07. The summed E-state index contributed by atoms with van der Waals surface area (Å²) in [4.78, 5) is 26.5. The molecule has 0 radical (unpaired) electrons. The Hall–Kier alpha value is -3.28. The first kappa shape index (κ1) is 19.5. The first-order valence-electron chi connectivity index (χ1n) is 9.13. The molecule has 1 atom stereocenters. The fourth-order valence-corrected chi connectivity index (χ4v) is 3.46. The van der Waals surface area contributed by atoms with Crippen LogP contribution in [0.5, 0.6) is 11.5 Å². The molecule has 1 unspecified atom stereocenters. The Kier molecular flexibility index (Phi) is 5.99. The van der Waals surface area contributed by atoms with Gasteiger partial charge in [0.15, 0.2) is 0 Å². The Morgan fingerprint density at radius 1 is 1.14 bits per heavy atom. The van der Waals surface area contributed by atoms with Gasteiger partial charge in [0.25, 0.3) is 5.91 Å². The van der Waals surface area contributed by atoms with Gasteiger partial charge in [-0.2, -0.15) is 0 Å². The maximum absolute atomic E-state index is 12.6. The number of hydrogen-bond acceptors (Lipinski definition) is 4. The largest absolute Gasteiger partial charge is 0.497 e. The van der Waals surface area contributed by atoms with Crippen LogP contribution < -0.4 is 14.8 Å². The smallest absolute Gasteiger partial charge is 0.255 e. The highest BCUT2D eigenvalue weighted by Crippen LogP contribution is 2.33. The highest BCUT2D eigenvalue weighted by molar-refractivity contribution is 6.05. The van der Waals surface area contributed by atoms with E-state index in [2.05, 4.69) is 11.9 Å². The predicted molar refractivity (Wildman–Crippen MR) is 108 cm³/mol. The number of nitrogens with one attached hydrogen (secondary N) is 1. The summed E-state index contributed by atoms with van der Waals surface area (Å²) in [6.45, 7) is 4.30. The second kappa shape index (κ2) is 8.61. The Labute approximate surface area is 164 Å². The number of rotatable bonds is 6. The van der Waals surface area contributed by atoms with Crippen LogP contribution in [0.4, 0.5) is 5.69 Å². The number of ether oxygens (including phenoxy) is 2. The maximum Gasteiger partial charge on any atom is 0.255 e. The molecule has 6 nitrogen and oxygen atoms in total. The zero-order valence-electron chi connectivity index (χ0n) is 16.1. The van der Waals surface area contributed by atoms with Crippen molar-refractivity contribution in [3.05, 3.63) is 66.2 Å². The molecule has 0 aromatic heterocycles. The van der Waals surface area contributed by atoms with E-state index in [-0.39, 0.29) is 17.9 Å². The van der Waals surface area contributed by atoms with E-state index in [4.69, 9.17) is 9.47 Å².